The summed E-state index contributed by atoms with van der Waals surface area (Å²) in [5.41, 5.74) is 14.0. The van der Waals surface area contributed by atoms with E-state index in [0.717, 1.165) is 42.5 Å². The van der Waals surface area contributed by atoms with Crippen LogP contribution in [0.25, 0.3) is 11.0 Å². The highest BCUT2D eigenvalue weighted by molar-refractivity contribution is 5.74. The van der Waals surface area contributed by atoms with Crippen LogP contribution in [0.1, 0.15) is 37.2 Å². The van der Waals surface area contributed by atoms with Gasteiger partial charge in [-0.3, -0.25) is 10.1 Å². The van der Waals surface area contributed by atoms with E-state index in [4.69, 9.17) is 11.5 Å². The number of fused-ring (bicyclic) bond motifs is 1. The van der Waals surface area contributed by atoms with Crippen LogP contribution in [0, 0.1) is 16.0 Å². The molecule has 1 fully saturated rings. The quantitative estimate of drug-likeness (QED) is 0.341. The minimum atomic E-state index is -0.489. The summed E-state index contributed by atoms with van der Waals surface area (Å²) in [7, 11) is 0. The molecule has 1 aliphatic carbocycles. The number of anilines is 2. The van der Waals surface area contributed by atoms with Crippen molar-refractivity contribution >= 4 is 28.5 Å². The van der Waals surface area contributed by atoms with E-state index in [1.807, 2.05) is 24.3 Å². The normalized spacial score (nSPS) is 19.1. The molecular weight excluding hydrogens is 384 g/mol. The third-order valence-corrected chi connectivity index (χ3v) is 5.62. The second kappa shape index (κ2) is 8.62. The zero-order chi connectivity index (χ0) is 21.1. The van der Waals surface area contributed by atoms with Gasteiger partial charge in [-0.25, -0.2) is 9.97 Å². The first kappa shape index (κ1) is 20.0. The van der Waals surface area contributed by atoms with Crippen LogP contribution in [0.2, 0.25) is 0 Å². The van der Waals surface area contributed by atoms with Gasteiger partial charge in [-0.05, 0) is 50.2 Å². The Labute approximate surface area is 173 Å². The summed E-state index contributed by atoms with van der Waals surface area (Å²) >= 11 is 0. The van der Waals surface area contributed by atoms with Crippen LogP contribution < -0.4 is 16.8 Å². The molecule has 0 amide bonds. The number of H-pyrrole nitrogens is 1. The second-order valence-electron chi connectivity index (χ2n) is 7.85. The van der Waals surface area contributed by atoms with Crippen molar-refractivity contribution in [1.82, 2.24) is 19.9 Å². The molecule has 0 atom stereocenters. The maximum atomic E-state index is 11.5. The van der Waals surface area contributed by atoms with E-state index in [1.165, 1.54) is 0 Å². The molecule has 1 aliphatic rings. The number of nitrogens with one attached hydrogen (secondary N) is 2. The van der Waals surface area contributed by atoms with E-state index >= 15 is 0 Å². The summed E-state index contributed by atoms with van der Waals surface area (Å²) in [5, 5.41) is 14.6. The Bertz CT molecular complexity index is 1010. The Morgan fingerprint density at radius 1 is 1.17 bits per heavy atom. The van der Waals surface area contributed by atoms with Crippen LogP contribution >= 0.6 is 0 Å². The molecule has 0 spiro atoms. The first-order valence-electron chi connectivity index (χ1n) is 10.2. The van der Waals surface area contributed by atoms with Crippen molar-refractivity contribution in [2.75, 3.05) is 17.6 Å². The molecule has 30 heavy (non-hydrogen) atoms. The molecule has 10 nitrogen and oxygen atoms in total. The molecule has 2 aromatic heterocycles. The molecule has 0 aliphatic heterocycles. The number of nitro groups is 1. The summed E-state index contributed by atoms with van der Waals surface area (Å²) in [6.45, 7) is 0.523. The monoisotopic (exact) mass is 410 g/mol. The van der Waals surface area contributed by atoms with Crippen molar-refractivity contribution in [3.63, 3.8) is 0 Å². The smallest absolute Gasteiger partial charge is 0.332 e. The van der Waals surface area contributed by atoms with Crippen molar-refractivity contribution in [1.29, 1.82) is 0 Å². The van der Waals surface area contributed by atoms with E-state index < -0.39 is 4.92 Å². The van der Waals surface area contributed by atoms with Crippen molar-refractivity contribution in [2.45, 2.75) is 44.6 Å². The summed E-state index contributed by atoms with van der Waals surface area (Å²) in [5.74, 6) is 1.36. The van der Waals surface area contributed by atoms with Gasteiger partial charge in [-0.2, -0.15) is 4.98 Å². The molecule has 0 bridgehead atoms. The lowest BCUT2D eigenvalue weighted by molar-refractivity contribution is -0.385. The molecule has 0 unspecified atom stereocenters. The number of hydrogen-bond donors (Lipinski definition) is 4. The number of rotatable bonds is 7. The fourth-order valence-electron chi connectivity index (χ4n) is 4.02. The predicted molar refractivity (Wildman–Crippen MR) is 115 cm³/mol. The average Bonchev–Trinajstić information content (AvgIpc) is 3.12. The predicted octanol–water partition coefficient (Wildman–Crippen LogP) is 2.56. The summed E-state index contributed by atoms with van der Waals surface area (Å²) in [4.78, 5) is 27.4. The van der Waals surface area contributed by atoms with Crippen molar-refractivity contribution < 1.29 is 4.92 Å². The van der Waals surface area contributed by atoms with Gasteiger partial charge in [0, 0.05) is 19.0 Å². The molecule has 10 heteroatoms. The number of aromatic amines is 1. The van der Waals surface area contributed by atoms with Crippen molar-refractivity contribution in [3.8, 4) is 0 Å². The van der Waals surface area contributed by atoms with Gasteiger partial charge in [-0.15, -0.1) is 0 Å². The highest BCUT2D eigenvalue weighted by Gasteiger charge is 2.27. The number of imidazole rings is 1. The Hall–Kier alpha value is -3.27. The lowest BCUT2D eigenvalue weighted by Gasteiger charge is -2.25. The number of aromatic nitrogens is 4. The lowest BCUT2D eigenvalue weighted by Crippen LogP contribution is -2.27. The van der Waals surface area contributed by atoms with Gasteiger partial charge in [0.05, 0.1) is 16.0 Å². The van der Waals surface area contributed by atoms with Crippen molar-refractivity contribution in [3.05, 3.63) is 45.9 Å². The van der Waals surface area contributed by atoms with Crippen LogP contribution in [-0.2, 0) is 12.8 Å². The minimum absolute atomic E-state index is 0.108. The van der Waals surface area contributed by atoms with Gasteiger partial charge in [0.15, 0.2) is 0 Å². The fourth-order valence-corrected chi connectivity index (χ4v) is 4.02. The van der Waals surface area contributed by atoms with Crippen LogP contribution in [0.5, 0.6) is 0 Å². The van der Waals surface area contributed by atoms with Gasteiger partial charge < -0.3 is 21.8 Å². The zero-order valence-electron chi connectivity index (χ0n) is 16.7. The van der Waals surface area contributed by atoms with Crippen LogP contribution in [0.15, 0.2) is 24.3 Å². The lowest BCUT2D eigenvalue weighted by atomic mass is 9.83. The van der Waals surface area contributed by atoms with Gasteiger partial charge in [0.1, 0.15) is 11.5 Å². The molecule has 6 N–H and O–H groups in total. The molecule has 4 rings (SSSR count). The van der Waals surface area contributed by atoms with E-state index in [1.54, 1.807) is 0 Å². The summed E-state index contributed by atoms with van der Waals surface area (Å²) < 4.78 is 0. The largest absolute Gasteiger partial charge is 0.378 e. The standard InChI is InChI=1S/C20H26N8O2/c21-13-7-5-12(6-8-13)11-16-18(28(29)30)19(22)27-20(26-16)23-10-9-17-24-14-3-1-2-4-15(14)25-17/h1-4,12-13H,5-11,21H2,(H,24,25)(H3,22,23,26,27). The van der Waals surface area contributed by atoms with E-state index in [2.05, 4.69) is 25.3 Å². The second-order valence-corrected chi connectivity index (χ2v) is 7.85. The molecular formula is C20H26N8O2. The number of nitrogens with two attached hydrogens (primary N) is 2. The Morgan fingerprint density at radius 2 is 1.93 bits per heavy atom. The third kappa shape index (κ3) is 4.48. The topological polar surface area (TPSA) is 162 Å². The van der Waals surface area contributed by atoms with Gasteiger partial charge >= 0.3 is 5.69 Å². The number of hydrogen-bond acceptors (Lipinski definition) is 8. The maximum Gasteiger partial charge on any atom is 0.332 e. The molecule has 1 saturated carbocycles. The van der Waals surface area contributed by atoms with E-state index in [0.29, 0.717) is 36.9 Å². The average molecular weight is 410 g/mol. The fraction of sp³-hybridized carbons (Fsp3) is 0.450. The van der Waals surface area contributed by atoms with Gasteiger partial charge in [0.25, 0.3) is 0 Å². The molecule has 2 heterocycles. The minimum Gasteiger partial charge on any atom is -0.378 e. The number of nitrogens with zero attached hydrogens (tertiary/aromatic N) is 4. The highest BCUT2D eigenvalue weighted by Crippen LogP contribution is 2.31. The zero-order valence-corrected chi connectivity index (χ0v) is 16.7. The van der Waals surface area contributed by atoms with Crippen molar-refractivity contribution in [2.24, 2.45) is 11.7 Å². The van der Waals surface area contributed by atoms with Gasteiger partial charge in [0.2, 0.25) is 11.8 Å². The Balaban J connectivity index is 1.45. The number of para-hydroxylation sites is 2. The molecule has 0 radical (unpaired) electrons. The van der Waals surface area contributed by atoms with E-state index in [-0.39, 0.29) is 17.5 Å². The number of nitrogen functional groups attached to an aromatic ring is 1. The molecule has 1 aromatic carbocycles. The SMILES string of the molecule is Nc1nc(NCCc2nc3ccccc3[nH]2)nc(CC2CCC(N)CC2)c1[N+](=O)[O-]. The van der Waals surface area contributed by atoms with Crippen LogP contribution in [0.3, 0.4) is 0 Å². The summed E-state index contributed by atoms with van der Waals surface area (Å²) in [6.07, 6.45) is 4.89. The Kier molecular flexibility index (Phi) is 5.75. The first-order valence-corrected chi connectivity index (χ1v) is 10.2. The first-order chi connectivity index (χ1) is 14.5. The highest BCUT2D eigenvalue weighted by atomic mass is 16.6. The maximum absolute atomic E-state index is 11.5. The van der Waals surface area contributed by atoms with Crippen LogP contribution in [0.4, 0.5) is 17.5 Å². The Morgan fingerprint density at radius 3 is 2.67 bits per heavy atom. The molecule has 158 valence electrons. The third-order valence-electron chi connectivity index (χ3n) is 5.62. The molecule has 3 aromatic rings. The number of benzene rings is 1. The van der Waals surface area contributed by atoms with Gasteiger partial charge in [-0.1, -0.05) is 12.1 Å². The van der Waals surface area contributed by atoms with E-state index in [9.17, 15) is 10.1 Å². The van der Waals surface area contributed by atoms with Crippen LogP contribution in [-0.4, -0.2) is 37.4 Å². The summed E-state index contributed by atoms with van der Waals surface area (Å²) in [6, 6.07) is 8.05. The molecule has 0 saturated heterocycles.